The third-order valence-corrected chi connectivity index (χ3v) is 4.30. The van der Waals surface area contributed by atoms with Crippen molar-refractivity contribution in [3.05, 3.63) is 41.6 Å². The summed E-state index contributed by atoms with van der Waals surface area (Å²) in [6.45, 7) is 4.93. The van der Waals surface area contributed by atoms with Gasteiger partial charge in [0.2, 0.25) is 0 Å². The van der Waals surface area contributed by atoms with Gasteiger partial charge < -0.3 is 10.6 Å². The van der Waals surface area contributed by atoms with Gasteiger partial charge in [-0.25, -0.2) is 4.68 Å². The van der Waals surface area contributed by atoms with Gasteiger partial charge in [0.15, 0.2) is 5.69 Å². The van der Waals surface area contributed by atoms with Crippen LogP contribution >= 0.6 is 0 Å². The minimum Gasteiger partial charge on any atom is -0.384 e. The number of carbonyl (C=O) groups excluding carboxylic acids is 1. The summed E-state index contributed by atoms with van der Waals surface area (Å²) < 4.78 is 1.63. The molecule has 22 heavy (non-hydrogen) atoms. The molecule has 0 saturated carbocycles. The Morgan fingerprint density at radius 3 is 2.68 bits per heavy atom. The SMILES string of the molecule is Cc1ccc(-n2nc(C(=O)N3CCCCC3C)cc2N)cc1. The van der Waals surface area contributed by atoms with Gasteiger partial charge in [-0.05, 0) is 45.2 Å². The van der Waals surface area contributed by atoms with Crippen LogP contribution in [0.4, 0.5) is 5.82 Å². The summed E-state index contributed by atoms with van der Waals surface area (Å²) in [5.74, 6) is 0.460. The average molecular weight is 298 g/mol. The molecule has 1 aromatic heterocycles. The topological polar surface area (TPSA) is 64.2 Å². The Labute approximate surface area is 130 Å². The van der Waals surface area contributed by atoms with Crippen LogP contribution < -0.4 is 5.73 Å². The first-order chi connectivity index (χ1) is 10.6. The number of rotatable bonds is 2. The molecule has 2 N–H and O–H groups in total. The van der Waals surface area contributed by atoms with Crippen molar-refractivity contribution in [2.24, 2.45) is 0 Å². The van der Waals surface area contributed by atoms with E-state index in [9.17, 15) is 4.79 Å². The van der Waals surface area contributed by atoms with Gasteiger partial charge in [0.05, 0.1) is 5.69 Å². The molecule has 1 atom stereocenters. The monoisotopic (exact) mass is 298 g/mol. The predicted molar refractivity (Wildman–Crippen MR) is 87.1 cm³/mol. The van der Waals surface area contributed by atoms with Gasteiger partial charge in [0.1, 0.15) is 5.82 Å². The van der Waals surface area contributed by atoms with Crippen LogP contribution in [0.1, 0.15) is 42.2 Å². The smallest absolute Gasteiger partial charge is 0.274 e. The first-order valence-corrected chi connectivity index (χ1v) is 7.80. The Morgan fingerprint density at radius 1 is 1.27 bits per heavy atom. The van der Waals surface area contributed by atoms with Crippen molar-refractivity contribution in [2.45, 2.75) is 39.2 Å². The summed E-state index contributed by atoms with van der Waals surface area (Å²) in [6.07, 6.45) is 3.30. The Bertz CT molecular complexity index is 674. The van der Waals surface area contributed by atoms with Gasteiger partial charge in [-0.2, -0.15) is 5.10 Å². The summed E-state index contributed by atoms with van der Waals surface area (Å²) in [7, 11) is 0. The molecular formula is C17H22N4O. The molecule has 2 aromatic rings. The van der Waals surface area contributed by atoms with E-state index in [2.05, 4.69) is 12.0 Å². The van der Waals surface area contributed by atoms with Crippen molar-refractivity contribution >= 4 is 11.7 Å². The number of nitrogens with zero attached hydrogens (tertiary/aromatic N) is 3. The first kappa shape index (κ1) is 14.6. The Kier molecular flexibility index (Phi) is 3.88. The zero-order valence-electron chi connectivity index (χ0n) is 13.1. The van der Waals surface area contributed by atoms with Crippen LogP contribution in [0.3, 0.4) is 0 Å². The molecule has 1 aliphatic heterocycles. The van der Waals surface area contributed by atoms with Gasteiger partial charge in [0, 0.05) is 18.7 Å². The fraction of sp³-hybridized carbons (Fsp3) is 0.412. The molecule has 5 heteroatoms. The van der Waals surface area contributed by atoms with E-state index in [4.69, 9.17) is 5.73 Å². The highest BCUT2D eigenvalue weighted by atomic mass is 16.2. The Balaban J connectivity index is 1.88. The van der Waals surface area contributed by atoms with Gasteiger partial charge in [-0.3, -0.25) is 4.79 Å². The summed E-state index contributed by atoms with van der Waals surface area (Å²) in [6, 6.07) is 9.86. The number of aromatic nitrogens is 2. The van der Waals surface area contributed by atoms with Crippen LogP contribution in [0.5, 0.6) is 0 Å². The maximum absolute atomic E-state index is 12.7. The zero-order chi connectivity index (χ0) is 15.7. The number of anilines is 1. The van der Waals surface area contributed by atoms with Crippen LogP contribution in [-0.4, -0.2) is 33.2 Å². The van der Waals surface area contributed by atoms with Crippen LogP contribution in [-0.2, 0) is 0 Å². The third kappa shape index (κ3) is 2.71. The molecule has 5 nitrogen and oxygen atoms in total. The van der Waals surface area contributed by atoms with Crippen molar-refractivity contribution in [2.75, 3.05) is 12.3 Å². The van der Waals surface area contributed by atoms with Crippen molar-refractivity contribution in [1.29, 1.82) is 0 Å². The lowest BCUT2D eigenvalue weighted by molar-refractivity contribution is 0.0629. The average Bonchev–Trinajstić information content (AvgIpc) is 2.90. The van der Waals surface area contributed by atoms with E-state index in [1.165, 1.54) is 12.0 Å². The van der Waals surface area contributed by atoms with E-state index in [0.29, 0.717) is 11.5 Å². The molecule has 0 spiro atoms. The Hall–Kier alpha value is -2.30. The third-order valence-electron chi connectivity index (χ3n) is 4.30. The molecule has 116 valence electrons. The van der Waals surface area contributed by atoms with Crippen LogP contribution in [0, 0.1) is 6.92 Å². The molecule has 0 aliphatic carbocycles. The minimum absolute atomic E-state index is 0.0234. The molecule has 0 bridgehead atoms. The minimum atomic E-state index is -0.0234. The largest absolute Gasteiger partial charge is 0.384 e. The molecule has 1 unspecified atom stereocenters. The number of hydrogen-bond donors (Lipinski definition) is 1. The van der Waals surface area contributed by atoms with Gasteiger partial charge >= 0.3 is 0 Å². The number of hydrogen-bond acceptors (Lipinski definition) is 3. The lowest BCUT2D eigenvalue weighted by Crippen LogP contribution is -2.42. The standard InChI is InChI=1S/C17H22N4O/c1-12-6-8-14(9-7-12)21-16(18)11-15(19-21)17(22)20-10-4-3-5-13(20)2/h6-9,11,13H,3-5,10,18H2,1-2H3. The summed E-state index contributed by atoms with van der Waals surface area (Å²) in [5, 5.41) is 4.42. The first-order valence-electron chi connectivity index (χ1n) is 7.80. The predicted octanol–water partition coefficient (Wildman–Crippen LogP) is 2.78. The number of nitrogen functional groups attached to an aromatic ring is 1. The number of benzene rings is 1. The zero-order valence-corrected chi connectivity index (χ0v) is 13.1. The second-order valence-corrected chi connectivity index (χ2v) is 6.05. The molecule has 1 saturated heterocycles. The molecule has 3 rings (SSSR count). The molecule has 0 radical (unpaired) electrons. The molecular weight excluding hydrogens is 276 g/mol. The number of likely N-dealkylation sites (tertiary alicyclic amines) is 1. The van der Waals surface area contributed by atoms with E-state index < -0.39 is 0 Å². The van der Waals surface area contributed by atoms with E-state index in [1.54, 1.807) is 10.7 Å². The second kappa shape index (κ2) is 5.83. The molecule has 1 aromatic carbocycles. The lowest BCUT2D eigenvalue weighted by Gasteiger charge is -2.32. The molecule has 2 heterocycles. The number of aryl methyl sites for hydroxylation is 1. The van der Waals surface area contributed by atoms with Crippen LogP contribution in [0.2, 0.25) is 0 Å². The number of piperidine rings is 1. The summed E-state index contributed by atoms with van der Waals surface area (Å²) in [4.78, 5) is 14.6. The maximum atomic E-state index is 12.7. The highest BCUT2D eigenvalue weighted by Gasteiger charge is 2.26. The summed E-state index contributed by atoms with van der Waals surface area (Å²) >= 11 is 0. The fourth-order valence-corrected chi connectivity index (χ4v) is 2.94. The molecule has 1 fully saturated rings. The van der Waals surface area contributed by atoms with Gasteiger partial charge in [-0.15, -0.1) is 0 Å². The molecule has 1 aliphatic rings. The van der Waals surface area contributed by atoms with Crippen molar-refractivity contribution in [3.8, 4) is 5.69 Å². The molecule has 1 amide bonds. The highest BCUT2D eigenvalue weighted by molar-refractivity contribution is 5.93. The number of nitrogens with two attached hydrogens (primary N) is 1. The summed E-state index contributed by atoms with van der Waals surface area (Å²) in [5.41, 5.74) is 8.51. The van der Waals surface area contributed by atoms with Crippen molar-refractivity contribution < 1.29 is 4.79 Å². The van der Waals surface area contributed by atoms with Gasteiger partial charge in [0.25, 0.3) is 5.91 Å². The van der Waals surface area contributed by atoms with Crippen LogP contribution in [0.25, 0.3) is 5.69 Å². The number of carbonyl (C=O) groups is 1. The lowest BCUT2D eigenvalue weighted by atomic mass is 10.0. The maximum Gasteiger partial charge on any atom is 0.274 e. The van der Waals surface area contributed by atoms with E-state index in [0.717, 1.165) is 25.1 Å². The van der Waals surface area contributed by atoms with Crippen LogP contribution in [0.15, 0.2) is 30.3 Å². The van der Waals surface area contributed by atoms with E-state index in [1.807, 2.05) is 36.1 Å². The number of amides is 1. The fourth-order valence-electron chi connectivity index (χ4n) is 2.94. The Morgan fingerprint density at radius 2 is 2.00 bits per heavy atom. The highest BCUT2D eigenvalue weighted by Crippen LogP contribution is 2.21. The van der Waals surface area contributed by atoms with Gasteiger partial charge in [-0.1, -0.05) is 17.7 Å². The normalized spacial score (nSPS) is 18.5. The van der Waals surface area contributed by atoms with Crippen molar-refractivity contribution in [1.82, 2.24) is 14.7 Å². The second-order valence-electron chi connectivity index (χ2n) is 6.05. The van der Waals surface area contributed by atoms with Crippen molar-refractivity contribution in [3.63, 3.8) is 0 Å². The quantitative estimate of drug-likeness (QED) is 0.927. The van der Waals surface area contributed by atoms with E-state index in [-0.39, 0.29) is 11.9 Å². The van der Waals surface area contributed by atoms with E-state index >= 15 is 0 Å².